The quantitative estimate of drug-likeness (QED) is 0.881. The number of rotatable bonds is 4. The van der Waals surface area contributed by atoms with Gasteiger partial charge in [-0.3, -0.25) is 9.59 Å². The van der Waals surface area contributed by atoms with Crippen molar-refractivity contribution in [2.24, 2.45) is 23.2 Å². The number of aryl methyl sites for hydroxylation is 1. The van der Waals surface area contributed by atoms with Crippen molar-refractivity contribution in [3.05, 3.63) is 29.8 Å². The summed E-state index contributed by atoms with van der Waals surface area (Å²) in [5.74, 6) is 2.89. The highest BCUT2D eigenvalue weighted by Crippen LogP contribution is 2.61. The van der Waals surface area contributed by atoms with Crippen molar-refractivity contribution >= 4 is 17.5 Å². The van der Waals surface area contributed by atoms with Gasteiger partial charge in [-0.1, -0.05) is 12.1 Å². The van der Waals surface area contributed by atoms with Crippen molar-refractivity contribution in [2.45, 2.75) is 64.3 Å². The first-order valence-electron chi connectivity index (χ1n) is 10.6. The Bertz CT molecular complexity index is 736. The molecule has 0 spiro atoms. The van der Waals surface area contributed by atoms with Gasteiger partial charge in [0.25, 0.3) is 0 Å². The van der Waals surface area contributed by atoms with E-state index in [9.17, 15) is 9.59 Å². The smallest absolute Gasteiger partial charge is 0.229 e. The number of benzene rings is 1. The van der Waals surface area contributed by atoms with Gasteiger partial charge in [-0.05, 0) is 86.3 Å². The molecule has 1 saturated heterocycles. The molecule has 5 fully saturated rings. The molecule has 1 N–H and O–H groups in total. The van der Waals surface area contributed by atoms with Crippen molar-refractivity contribution in [3.8, 4) is 0 Å². The fraction of sp³-hybridized carbons (Fsp3) is 0.652. The SMILES string of the molecule is Cc1cccc(N2CC(NC(=O)CC34CC5CC(CC(C5)C3)C4)CC2=O)c1. The van der Waals surface area contributed by atoms with Gasteiger partial charge in [0.15, 0.2) is 0 Å². The molecular weight excluding hydrogens is 336 g/mol. The fourth-order valence-corrected chi connectivity index (χ4v) is 6.98. The summed E-state index contributed by atoms with van der Waals surface area (Å²) in [7, 11) is 0. The topological polar surface area (TPSA) is 49.4 Å². The van der Waals surface area contributed by atoms with Gasteiger partial charge in [-0.25, -0.2) is 0 Å². The Hall–Kier alpha value is -1.84. The minimum atomic E-state index is -0.0561. The van der Waals surface area contributed by atoms with Crippen LogP contribution in [0.1, 0.15) is 56.9 Å². The van der Waals surface area contributed by atoms with Gasteiger partial charge >= 0.3 is 0 Å². The Morgan fingerprint density at radius 1 is 1.15 bits per heavy atom. The normalized spacial score (nSPS) is 37.1. The van der Waals surface area contributed by atoms with Crippen LogP contribution in [0.4, 0.5) is 5.69 Å². The molecule has 144 valence electrons. The summed E-state index contributed by atoms with van der Waals surface area (Å²) < 4.78 is 0. The van der Waals surface area contributed by atoms with E-state index in [0.717, 1.165) is 29.0 Å². The van der Waals surface area contributed by atoms with Crippen molar-refractivity contribution in [3.63, 3.8) is 0 Å². The lowest BCUT2D eigenvalue weighted by Gasteiger charge is -2.56. The van der Waals surface area contributed by atoms with E-state index >= 15 is 0 Å². The third kappa shape index (κ3) is 3.28. The van der Waals surface area contributed by atoms with E-state index in [1.807, 2.05) is 36.1 Å². The third-order valence-electron chi connectivity index (χ3n) is 7.50. The Morgan fingerprint density at radius 3 is 2.44 bits per heavy atom. The predicted octanol–water partition coefficient (Wildman–Crippen LogP) is 3.82. The van der Waals surface area contributed by atoms with Gasteiger partial charge in [0.1, 0.15) is 0 Å². The third-order valence-corrected chi connectivity index (χ3v) is 7.50. The molecular formula is C23H30N2O2. The zero-order valence-corrected chi connectivity index (χ0v) is 16.2. The molecule has 2 amide bonds. The predicted molar refractivity (Wildman–Crippen MR) is 105 cm³/mol. The van der Waals surface area contributed by atoms with Crippen molar-refractivity contribution in [1.82, 2.24) is 5.32 Å². The van der Waals surface area contributed by atoms with Crippen LogP contribution in [0.5, 0.6) is 0 Å². The highest BCUT2D eigenvalue weighted by molar-refractivity contribution is 5.97. The number of nitrogens with zero attached hydrogens (tertiary/aromatic N) is 1. The number of carbonyl (C=O) groups is 2. The molecule has 1 unspecified atom stereocenters. The van der Waals surface area contributed by atoms with E-state index in [4.69, 9.17) is 0 Å². The number of amides is 2. The van der Waals surface area contributed by atoms with Crippen molar-refractivity contribution in [1.29, 1.82) is 0 Å². The van der Waals surface area contributed by atoms with Gasteiger partial charge in [0, 0.05) is 25.1 Å². The summed E-state index contributed by atoms with van der Waals surface area (Å²) in [5.41, 5.74) is 2.35. The molecule has 1 heterocycles. The molecule has 27 heavy (non-hydrogen) atoms. The summed E-state index contributed by atoms with van der Waals surface area (Å²) in [5, 5.41) is 3.20. The molecule has 4 saturated carbocycles. The molecule has 0 radical (unpaired) electrons. The van der Waals surface area contributed by atoms with Crippen LogP contribution in [0.25, 0.3) is 0 Å². The second kappa shape index (κ2) is 6.35. The second-order valence-corrected chi connectivity index (χ2v) is 9.91. The summed E-state index contributed by atoms with van der Waals surface area (Å²) in [6.45, 7) is 2.63. The monoisotopic (exact) mass is 366 g/mol. The van der Waals surface area contributed by atoms with Gasteiger partial charge in [-0.15, -0.1) is 0 Å². The molecule has 1 aromatic rings. The van der Waals surface area contributed by atoms with Crippen LogP contribution in [-0.4, -0.2) is 24.4 Å². The van der Waals surface area contributed by atoms with Crippen LogP contribution >= 0.6 is 0 Å². The van der Waals surface area contributed by atoms with E-state index in [2.05, 4.69) is 5.32 Å². The zero-order chi connectivity index (χ0) is 18.6. The average Bonchev–Trinajstić information content (AvgIpc) is 2.93. The van der Waals surface area contributed by atoms with E-state index in [-0.39, 0.29) is 23.3 Å². The maximum atomic E-state index is 12.8. The van der Waals surface area contributed by atoms with E-state index in [1.165, 1.54) is 38.5 Å². The zero-order valence-electron chi connectivity index (χ0n) is 16.2. The summed E-state index contributed by atoms with van der Waals surface area (Å²) >= 11 is 0. The van der Waals surface area contributed by atoms with E-state index in [0.29, 0.717) is 19.4 Å². The van der Waals surface area contributed by atoms with Gasteiger partial charge in [0.05, 0.1) is 6.04 Å². The van der Waals surface area contributed by atoms with E-state index in [1.54, 1.807) is 0 Å². The first-order valence-corrected chi connectivity index (χ1v) is 10.6. The molecule has 4 bridgehead atoms. The van der Waals surface area contributed by atoms with Crippen LogP contribution in [-0.2, 0) is 9.59 Å². The molecule has 4 heteroatoms. The second-order valence-electron chi connectivity index (χ2n) is 9.91. The number of hydrogen-bond donors (Lipinski definition) is 1. The molecule has 4 nitrogen and oxygen atoms in total. The molecule has 5 aliphatic rings. The number of nitrogens with one attached hydrogen (secondary N) is 1. The molecule has 1 aromatic carbocycles. The molecule has 0 aromatic heterocycles. The Morgan fingerprint density at radius 2 is 1.81 bits per heavy atom. The number of anilines is 1. The van der Waals surface area contributed by atoms with Crippen LogP contribution in [0.15, 0.2) is 24.3 Å². The van der Waals surface area contributed by atoms with Crippen molar-refractivity contribution < 1.29 is 9.59 Å². The minimum absolute atomic E-state index is 0.0561. The number of carbonyl (C=O) groups excluding carboxylic acids is 2. The lowest BCUT2D eigenvalue weighted by molar-refractivity contribution is -0.130. The van der Waals surface area contributed by atoms with Gasteiger partial charge < -0.3 is 10.2 Å². The van der Waals surface area contributed by atoms with Crippen molar-refractivity contribution in [2.75, 3.05) is 11.4 Å². The molecule has 6 rings (SSSR count). The average molecular weight is 367 g/mol. The Labute approximate surface area is 161 Å². The summed E-state index contributed by atoms with van der Waals surface area (Å²) in [6.07, 6.45) is 9.07. The van der Waals surface area contributed by atoms with Crippen LogP contribution in [0.2, 0.25) is 0 Å². The van der Waals surface area contributed by atoms with Gasteiger partial charge in [0.2, 0.25) is 11.8 Å². The summed E-state index contributed by atoms with van der Waals surface area (Å²) in [6, 6.07) is 7.98. The first-order chi connectivity index (χ1) is 13.0. The van der Waals surface area contributed by atoms with E-state index < -0.39 is 0 Å². The lowest BCUT2D eigenvalue weighted by atomic mass is 9.49. The summed E-state index contributed by atoms with van der Waals surface area (Å²) in [4.78, 5) is 27.1. The maximum absolute atomic E-state index is 12.8. The van der Waals surface area contributed by atoms with Crippen LogP contribution in [0.3, 0.4) is 0 Å². The Balaban J connectivity index is 1.21. The highest BCUT2D eigenvalue weighted by Gasteiger charge is 2.51. The van der Waals surface area contributed by atoms with Crippen LogP contribution < -0.4 is 10.2 Å². The first kappa shape index (κ1) is 17.3. The lowest BCUT2D eigenvalue weighted by Crippen LogP contribution is -2.49. The molecule has 1 atom stereocenters. The highest BCUT2D eigenvalue weighted by atomic mass is 16.2. The molecule has 4 aliphatic carbocycles. The maximum Gasteiger partial charge on any atom is 0.229 e. The largest absolute Gasteiger partial charge is 0.351 e. The van der Waals surface area contributed by atoms with Gasteiger partial charge in [-0.2, -0.15) is 0 Å². The Kier molecular flexibility index (Phi) is 4.06. The molecule has 1 aliphatic heterocycles. The minimum Gasteiger partial charge on any atom is -0.351 e. The number of hydrogen-bond acceptors (Lipinski definition) is 2. The van der Waals surface area contributed by atoms with Crippen LogP contribution in [0, 0.1) is 30.1 Å². The standard InChI is InChI=1S/C23H30N2O2/c1-15-3-2-4-20(5-15)25-14-19(9-22(25)27)24-21(26)13-23-10-16-6-17(11-23)8-18(7-16)12-23/h2-5,16-19H,6-14H2,1H3,(H,24,26). The fourth-order valence-electron chi connectivity index (χ4n) is 6.98.